The van der Waals surface area contributed by atoms with E-state index in [1.807, 2.05) is 29.2 Å². The van der Waals surface area contributed by atoms with Gasteiger partial charge in [-0.15, -0.1) is 0 Å². The van der Waals surface area contributed by atoms with Gasteiger partial charge in [-0.2, -0.15) is 0 Å². The van der Waals surface area contributed by atoms with Crippen LogP contribution in [0, 0.1) is 5.82 Å². The smallest absolute Gasteiger partial charge is 0.255 e. The molecule has 0 aliphatic carbocycles. The van der Waals surface area contributed by atoms with E-state index < -0.39 is 0 Å². The van der Waals surface area contributed by atoms with Gasteiger partial charge >= 0.3 is 0 Å². The lowest BCUT2D eigenvalue weighted by atomic mass is 9.93. The number of rotatable bonds is 4. The van der Waals surface area contributed by atoms with E-state index in [1.165, 1.54) is 6.07 Å². The largest absolute Gasteiger partial charge is 0.338 e. The Labute approximate surface area is 164 Å². The zero-order chi connectivity index (χ0) is 19.3. The van der Waals surface area contributed by atoms with Crippen LogP contribution in [0.2, 0.25) is 0 Å². The predicted molar refractivity (Wildman–Crippen MR) is 106 cm³/mol. The molecule has 4 nitrogen and oxygen atoms in total. The van der Waals surface area contributed by atoms with Crippen molar-refractivity contribution in [2.45, 2.75) is 25.2 Å². The van der Waals surface area contributed by atoms with Gasteiger partial charge in [0, 0.05) is 49.2 Å². The van der Waals surface area contributed by atoms with Crippen molar-refractivity contribution < 1.29 is 9.18 Å². The number of hydrogen-bond donors (Lipinski definition) is 0. The Morgan fingerprint density at radius 1 is 1.14 bits per heavy atom. The van der Waals surface area contributed by atoms with E-state index in [2.05, 4.69) is 4.98 Å². The molecule has 0 saturated carbocycles. The van der Waals surface area contributed by atoms with Gasteiger partial charge in [-0.3, -0.25) is 14.8 Å². The Kier molecular flexibility index (Phi) is 5.42. The normalized spacial score (nSPS) is 16.8. The van der Waals surface area contributed by atoms with Gasteiger partial charge in [0.2, 0.25) is 0 Å². The minimum Gasteiger partial charge on any atom is -0.338 e. The molecule has 0 bridgehead atoms. The van der Waals surface area contributed by atoms with Crippen LogP contribution in [0.5, 0.6) is 0 Å². The number of hydrogen-bond acceptors (Lipinski definition) is 3. The molecule has 3 aromatic rings. The van der Waals surface area contributed by atoms with Crippen LogP contribution in [-0.4, -0.2) is 33.9 Å². The average molecular weight is 375 g/mol. The molecule has 1 amide bonds. The Bertz CT molecular complexity index is 961. The number of halogens is 1. The molecule has 3 heterocycles. The van der Waals surface area contributed by atoms with E-state index in [-0.39, 0.29) is 17.6 Å². The van der Waals surface area contributed by atoms with Crippen molar-refractivity contribution in [3.05, 3.63) is 95.3 Å². The number of aromatic nitrogens is 2. The standard InChI is InChI=1S/C23H22FN3O/c24-20-8-1-5-17(13-20)14-21-9-2-10-22(26-21)19-7-4-12-27(16-19)23(28)18-6-3-11-25-15-18/h1-3,5-6,8-11,13,15,19H,4,7,12,14,16H2/t19-/m0/s1. The van der Waals surface area contributed by atoms with E-state index in [4.69, 9.17) is 4.98 Å². The maximum atomic E-state index is 13.4. The fourth-order valence-corrected chi connectivity index (χ4v) is 3.75. The monoisotopic (exact) mass is 375 g/mol. The minimum atomic E-state index is -0.231. The summed E-state index contributed by atoms with van der Waals surface area (Å²) >= 11 is 0. The van der Waals surface area contributed by atoms with Gasteiger partial charge in [-0.05, 0) is 54.8 Å². The molecule has 0 N–H and O–H groups in total. The zero-order valence-electron chi connectivity index (χ0n) is 15.6. The Morgan fingerprint density at radius 2 is 2.04 bits per heavy atom. The Hall–Kier alpha value is -3.08. The molecule has 28 heavy (non-hydrogen) atoms. The second kappa shape index (κ2) is 8.30. The second-order valence-electron chi connectivity index (χ2n) is 7.19. The van der Waals surface area contributed by atoms with Crippen molar-refractivity contribution >= 4 is 5.91 Å². The predicted octanol–water partition coefficient (Wildman–Crippen LogP) is 4.23. The first-order chi connectivity index (χ1) is 13.7. The van der Waals surface area contributed by atoms with Gasteiger partial charge in [0.1, 0.15) is 5.82 Å². The van der Waals surface area contributed by atoms with Crippen LogP contribution in [0.1, 0.15) is 46.1 Å². The summed E-state index contributed by atoms with van der Waals surface area (Å²) in [4.78, 5) is 23.5. The van der Waals surface area contributed by atoms with Crippen molar-refractivity contribution in [3.63, 3.8) is 0 Å². The number of amides is 1. The number of carbonyl (C=O) groups excluding carboxylic acids is 1. The van der Waals surface area contributed by atoms with Gasteiger partial charge in [0.25, 0.3) is 5.91 Å². The van der Waals surface area contributed by atoms with Crippen molar-refractivity contribution in [2.75, 3.05) is 13.1 Å². The molecule has 1 fully saturated rings. The van der Waals surface area contributed by atoms with Crippen LogP contribution in [0.4, 0.5) is 4.39 Å². The number of likely N-dealkylation sites (tertiary alicyclic amines) is 1. The molecule has 1 atom stereocenters. The summed E-state index contributed by atoms with van der Waals surface area (Å²) in [5.74, 6) is 0.000960. The summed E-state index contributed by atoms with van der Waals surface area (Å²) in [6.07, 6.45) is 5.84. The first-order valence-electron chi connectivity index (χ1n) is 9.58. The first-order valence-corrected chi connectivity index (χ1v) is 9.58. The lowest BCUT2D eigenvalue weighted by molar-refractivity contribution is 0.0705. The summed E-state index contributed by atoms with van der Waals surface area (Å²) in [6, 6.07) is 16.2. The fourth-order valence-electron chi connectivity index (χ4n) is 3.75. The number of benzene rings is 1. The van der Waals surface area contributed by atoms with Crippen LogP contribution in [-0.2, 0) is 6.42 Å². The molecule has 0 unspecified atom stereocenters. The molecular weight excluding hydrogens is 353 g/mol. The third-order valence-corrected chi connectivity index (χ3v) is 5.14. The molecule has 4 rings (SSSR count). The number of nitrogens with zero attached hydrogens (tertiary/aromatic N) is 3. The molecule has 5 heteroatoms. The van der Waals surface area contributed by atoms with Crippen molar-refractivity contribution in [2.24, 2.45) is 0 Å². The minimum absolute atomic E-state index is 0.0220. The number of pyridine rings is 2. The molecule has 1 aromatic carbocycles. The van der Waals surface area contributed by atoms with Crippen molar-refractivity contribution in [1.29, 1.82) is 0 Å². The highest BCUT2D eigenvalue weighted by Gasteiger charge is 2.26. The van der Waals surface area contributed by atoms with Crippen LogP contribution in [0.25, 0.3) is 0 Å². The van der Waals surface area contributed by atoms with Crippen LogP contribution >= 0.6 is 0 Å². The van der Waals surface area contributed by atoms with E-state index in [9.17, 15) is 9.18 Å². The van der Waals surface area contributed by atoms with E-state index in [0.29, 0.717) is 18.5 Å². The van der Waals surface area contributed by atoms with E-state index in [1.54, 1.807) is 36.7 Å². The topological polar surface area (TPSA) is 46.1 Å². The SMILES string of the molecule is O=C(c1cccnc1)N1CCC[C@H](c2cccc(Cc3cccc(F)c3)n2)C1. The Balaban J connectivity index is 1.48. The summed E-state index contributed by atoms with van der Waals surface area (Å²) in [5, 5.41) is 0. The number of carbonyl (C=O) groups is 1. The zero-order valence-corrected chi connectivity index (χ0v) is 15.6. The second-order valence-corrected chi connectivity index (χ2v) is 7.19. The lowest BCUT2D eigenvalue weighted by Crippen LogP contribution is -2.39. The third kappa shape index (κ3) is 4.25. The van der Waals surface area contributed by atoms with E-state index >= 15 is 0 Å². The van der Waals surface area contributed by atoms with Crippen LogP contribution < -0.4 is 0 Å². The molecule has 0 spiro atoms. The molecule has 1 saturated heterocycles. The van der Waals surface area contributed by atoms with Crippen molar-refractivity contribution in [3.8, 4) is 0 Å². The van der Waals surface area contributed by atoms with Gasteiger partial charge in [0.05, 0.1) is 5.56 Å². The fraction of sp³-hybridized carbons (Fsp3) is 0.261. The summed E-state index contributed by atoms with van der Waals surface area (Å²) < 4.78 is 13.4. The molecule has 1 aliphatic rings. The van der Waals surface area contributed by atoms with Crippen LogP contribution in [0.15, 0.2) is 67.0 Å². The quantitative estimate of drug-likeness (QED) is 0.686. The Morgan fingerprint density at radius 3 is 2.86 bits per heavy atom. The molecule has 2 aromatic heterocycles. The molecular formula is C23H22FN3O. The highest BCUT2D eigenvalue weighted by molar-refractivity contribution is 5.94. The lowest BCUT2D eigenvalue weighted by Gasteiger charge is -2.32. The summed E-state index contributed by atoms with van der Waals surface area (Å²) in [5.41, 5.74) is 3.44. The first kappa shape index (κ1) is 18.3. The highest BCUT2D eigenvalue weighted by Crippen LogP contribution is 2.27. The van der Waals surface area contributed by atoms with Crippen LogP contribution in [0.3, 0.4) is 0 Å². The van der Waals surface area contributed by atoms with Crippen molar-refractivity contribution in [1.82, 2.24) is 14.9 Å². The highest BCUT2D eigenvalue weighted by atomic mass is 19.1. The average Bonchev–Trinajstić information content (AvgIpc) is 2.74. The van der Waals surface area contributed by atoms with E-state index in [0.717, 1.165) is 36.3 Å². The van der Waals surface area contributed by atoms with Gasteiger partial charge in [-0.25, -0.2) is 4.39 Å². The summed E-state index contributed by atoms with van der Waals surface area (Å²) in [6.45, 7) is 1.41. The maximum Gasteiger partial charge on any atom is 0.255 e. The maximum absolute atomic E-state index is 13.4. The van der Waals surface area contributed by atoms with Gasteiger partial charge < -0.3 is 4.90 Å². The molecule has 142 valence electrons. The molecule has 1 aliphatic heterocycles. The third-order valence-electron chi connectivity index (χ3n) is 5.14. The number of piperidine rings is 1. The van der Waals surface area contributed by atoms with Gasteiger partial charge in [0.15, 0.2) is 0 Å². The van der Waals surface area contributed by atoms with Gasteiger partial charge in [-0.1, -0.05) is 18.2 Å². The molecule has 0 radical (unpaired) electrons. The summed E-state index contributed by atoms with van der Waals surface area (Å²) in [7, 11) is 0.